The van der Waals surface area contributed by atoms with Crippen molar-refractivity contribution in [2.75, 3.05) is 18.0 Å². The molecule has 0 radical (unpaired) electrons. The zero-order valence-corrected chi connectivity index (χ0v) is 10.1. The summed E-state index contributed by atoms with van der Waals surface area (Å²) in [6.07, 6.45) is 0.666. The van der Waals surface area contributed by atoms with Gasteiger partial charge in [-0.1, -0.05) is 0 Å². The fraction of sp³-hybridized carbons (Fsp3) is 0.417. The van der Waals surface area contributed by atoms with Crippen LogP contribution in [0, 0.1) is 21.8 Å². The van der Waals surface area contributed by atoms with Crippen LogP contribution in [0.3, 0.4) is 0 Å². The molecule has 1 fully saturated rings. The molecule has 1 aromatic carbocycles. The minimum Gasteiger partial charge on any atom is -0.481 e. The van der Waals surface area contributed by atoms with Crippen molar-refractivity contribution >= 4 is 17.3 Å². The second kappa shape index (κ2) is 5.21. The van der Waals surface area contributed by atoms with Gasteiger partial charge in [-0.2, -0.15) is 0 Å². The van der Waals surface area contributed by atoms with Gasteiger partial charge in [0.15, 0.2) is 0 Å². The molecule has 0 aromatic heterocycles. The Hall–Kier alpha value is -2.18. The van der Waals surface area contributed by atoms with Crippen LogP contribution in [0.5, 0.6) is 0 Å². The molecule has 0 spiro atoms. The highest BCUT2D eigenvalue weighted by atomic mass is 19.1. The first-order valence-electron chi connectivity index (χ1n) is 5.88. The summed E-state index contributed by atoms with van der Waals surface area (Å²) in [5.41, 5.74) is 0.0651. The summed E-state index contributed by atoms with van der Waals surface area (Å²) in [7, 11) is 0. The van der Waals surface area contributed by atoms with Crippen LogP contribution < -0.4 is 4.90 Å². The lowest BCUT2D eigenvalue weighted by Crippen LogP contribution is -2.21. The van der Waals surface area contributed by atoms with Gasteiger partial charge in [-0.05, 0) is 18.4 Å². The Labute approximate surface area is 108 Å². The predicted octanol–water partition coefficient (Wildman–Crippen LogP) is 2.03. The van der Waals surface area contributed by atoms with Crippen LogP contribution >= 0.6 is 0 Å². The van der Waals surface area contributed by atoms with Crippen LogP contribution in [0.2, 0.25) is 0 Å². The van der Waals surface area contributed by atoms with Crippen molar-refractivity contribution in [3.63, 3.8) is 0 Å². The Balaban J connectivity index is 2.21. The zero-order chi connectivity index (χ0) is 14.0. The minimum atomic E-state index is -0.888. The van der Waals surface area contributed by atoms with Crippen LogP contribution in [0.25, 0.3) is 0 Å². The molecule has 2 rings (SSSR count). The molecule has 6 nitrogen and oxygen atoms in total. The van der Waals surface area contributed by atoms with Crippen LogP contribution in [0.15, 0.2) is 18.2 Å². The van der Waals surface area contributed by atoms with Gasteiger partial charge in [-0.15, -0.1) is 0 Å². The van der Waals surface area contributed by atoms with Crippen LogP contribution in [-0.4, -0.2) is 29.1 Å². The lowest BCUT2D eigenvalue weighted by Gasteiger charge is -2.18. The molecule has 1 aromatic rings. The van der Waals surface area contributed by atoms with E-state index in [1.807, 2.05) is 0 Å². The third-order valence-electron chi connectivity index (χ3n) is 3.22. The van der Waals surface area contributed by atoms with E-state index >= 15 is 0 Å². The molecular formula is C12H13FN2O4. The summed E-state index contributed by atoms with van der Waals surface area (Å²) < 4.78 is 13.2. The summed E-state index contributed by atoms with van der Waals surface area (Å²) in [5.74, 6) is -1.48. The number of benzene rings is 1. The van der Waals surface area contributed by atoms with Gasteiger partial charge in [0, 0.05) is 31.6 Å². The van der Waals surface area contributed by atoms with E-state index in [9.17, 15) is 19.3 Å². The fourth-order valence-electron chi connectivity index (χ4n) is 2.37. The molecule has 0 aliphatic carbocycles. The van der Waals surface area contributed by atoms with Gasteiger partial charge in [0.25, 0.3) is 5.69 Å². The number of carboxylic acids is 1. The number of carboxylic acid groups (broad SMARTS) is 1. The molecular weight excluding hydrogens is 255 g/mol. The first-order valence-corrected chi connectivity index (χ1v) is 5.88. The van der Waals surface area contributed by atoms with E-state index in [0.29, 0.717) is 19.5 Å². The molecule has 1 N–H and O–H groups in total. The SMILES string of the molecule is O=C(O)CC1CCN(c2cc(F)ccc2[N+](=O)[O-])C1. The second-order valence-corrected chi connectivity index (χ2v) is 4.59. The summed E-state index contributed by atoms with van der Waals surface area (Å²) in [6.45, 7) is 0.902. The molecule has 1 saturated heterocycles. The summed E-state index contributed by atoms with van der Waals surface area (Å²) in [6, 6.07) is 3.31. The van der Waals surface area contributed by atoms with Crippen LogP contribution in [0.1, 0.15) is 12.8 Å². The number of nitro benzene ring substituents is 1. The number of aliphatic carboxylic acids is 1. The Morgan fingerprint density at radius 3 is 2.95 bits per heavy atom. The Morgan fingerprint density at radius 1 is 1.58 bits per heavy atom. The molecule has 19 heavy (non-hydrogen) atoms. The molecule has 102 valence electrons. The van der Waals surface area contributed by atoms with Crippen molar-refractivity contribution in [3.05, 3.63) is 34.1 Å². The third kappa shape index (κ3) is 2.98. The second-order valence-electron chi connectivity index (χ2n) is 4.59. The number of rotatable bonds is 4. The zero-order valence-electron chi connectivity index (χ0n) is 10.1. The average molecular weight is 268 g/mol. The van der Waals surface area contributed by atoms with Gasteiger partial charge in [-0.3, -0.25) is 14.9 Å². The maximum absolute atomic E-state index is 13.2. The smallest absolute Gasteiger partial charge is 0.303 e. The van der Waals surface area contributed by atoms with E-state index in [0.717, 1.165) is 18.2 Å². The maximum atomic E-state index is 13.2. The maximum Gasteiger partial charge on any atom is 0.303 e. The number of nitro groups is 1. The molecule has 0 saturated carbocycles. The van der Waals surface area contributed by atoms with Gasteiger partial charge in [0.2, 0.25) is 0 Å². The normalized spacial score (nSPS) is 18.6. The largest absolute Gasteiger partial charge is 0.481 e. The van der Waals surface area contributed by atoms with Crippen LogP contribution in [0.4, 0.5) is 15.8 Å². The van der Waals surface area contributed by atoms with E-state index in [1.165, 1.54) is 0 Å². The highest BCUT2D eigenvalue weighted by molar-refractivity contribution is 5.68. The van der Waals surface area contributed by atoms with E-state index in [-0.39, 0.29) is 23.7 Å². The van der Waals surface area contributed by atoms with Crippen molar-refractivity contribution in [3.8, 4) is 0 Å². The fourth-order valence-corrected chi connectivity index (χ4v) is 2.37. The van der Waals surface area contributed by atoms with Crippen molar-refractivity contribution in [1.82, 2.24) is 0 Å². The molecule has 0 amide bonds. The molecule has 1 aliphatic rings. The van der Waals surface area contributed by atoms with E-state index in [2.05, 4.69) is 0 Å². The number of carbonyl (C=O) groups is 1. The molecule has 1 heterocycles. The van der Waals surface area contributed by atoms with E-state index in [4.69, 9.17) is 5.11 Å². The lowest BCUT2D eigenvalue weighted by molar-refractivity contribution is -0.384. The Kier molecular flexibility index (Phi) is 3.64. The number of nitrogens with zero attached hydrogens (tertiary/aromatic N) is 2. The minimum absolute atomic E-state index is 0.0274. The van der Waals surface area contributed by atoms with Gasteiger partial charge in [0.1, 0.15) is 11.5 Å². The topological polar surface area (TPSA) is 83.7 Å². The van der Waals surface area contributed by atoms with Gasteiger partial charge in [-0.25, -0.2) is 4.39 Å². The molecule has 1 unspecified atom stereocenters. The quantitative estimate of drug-likeness (QED) is 0.667. The standard InChI is InChI=1S/C12H13FN2O4/c13-9-1-2-10(15(18)19)11(6-9)14-4-3-8(7-14)5-12(16)17/h1-2,6,8H,3-5,7H2,(H,16,17). The van der Waals surface area contributed by atoms with Crippen molar-refractivity contribution < 1.29 is 19.2 Å². The highest BCUT2D eigenvalue weighted by Crippen LogP contribution is 2.33. The Morgan fingerprint density at radius 2 is 2.32 bits per heavy atom. The average Bonchev–Trinajstić information content (AvgIpc) is 2.75. The third-order valence-corrected chi connectivity index (χ3v) is 3.22. The lowest BCUT2D eigenvalue weighted by atomic mass is 10.1. The van der Waals surface area contributed by atoms with Crippen molar-refractivity contribution in [2.24, 2.45) is 5.92 Å². The monoisotopic (exact) mass is 268 g/mol. The van der Waals surface area contributed by atoms with E-state index in [1.54, 1.807) is 4.90 Å². The van der Waals surface area contributed by atoms with Gasteiger partial charge in [0.05, 0.1) is 4.92 Å². The summed E-state index contributed by atoms with van der Waals surface area (Å²) in [5, 5.41) is 19.6. The number of hydrogen-bond acceptors (Lipinski definition) is 4. The van der Waals surface area contributed by atoms with Crippen LogP contribution in [-0.2, 0) is 4.79 Å². The molecule has 1 atom stereocenters. The Bertz CT molecular complexity index is 520. The first-order chi connectivity index (χ1) is 8.97. The number of anilines is 1. The van der Waals surface area contributed by atoms with E-state index < -0.39 is 16.7 Å². The number of hydrogen-bond donors (Lipinski definition) is 1. The van der Waals surface area contributed by atoms with Gasteiger partial charge >= 0.3 is 5.97 Å². The highest BCUT2D eigenvalue weighted by Gasteiger charge is 2.29. The molecule has 1 aliphatic heterocycles. The predicted molar refractivity (Wildman–Crippen MR) is 65.6 cm³/mol. The first kappa shape index (κ1) is 13.3. The van der Waals surface area contributed by atoms with Crippen molar-refractivity contribution in [2.45, 2.75) is 12.8 Å². The molecule has 7 heteroatoms. The van der Waals surface area contributed by atoms with Gasteiger partial charge < -0.3 is 10.0 Å². The summed E-state index contributed by atoms with van der Waals surface area (Å²) in [4.78, 5) is 22.7. The number of halogens is 1. The summed E-state index contributed by atoms with van der Waals surface area (Å²) >= 11 is 0. The van der Waals surface area contributed by atoms with Crippen molar-refractivity contribution in [1.29, 1.82) is 0 Å². The molecule has 0 bridgehead atoms.